The van der Waals surface area contributed by atoms with Gasteiger partial charge in [0.1, 0.15) is 0 Å². The van der Waals surface area contributed by atoms with Crippen LogP contribution in [0.15, 0.2) is 80.8 Å². The summed E-state index contributed by atoms with van der Waals surface area (Å²) in [5.74, 6) is -0.576. The van der Waals surface area contributed by atoms with Gasteiger partial charge in [-0.15, -0.1) is 4.72 Å². The summed E-state index contributed by atoms with van der Waals surface area (Å²) in [6, 6.07) is 20.5. The first-order chi connectivity index (χ1) is 15.5. The molecular weight excluding hydrogens is 426 g/mol. The zero-order valence-corrected chi connectivity index (χ0v) is 18.1. The van der Waals surface area contributed by atoms with Crippen LogP contribution in [0.3, 0.4) is 0 Å². The molecule has 7 nitrogen and oxygen atoms in total. The molecule has 5 rings (SSSR count). The molecule has 0 spiro atoms. The highest BCUT2D eigenvalue weighted by atomic mass is 32.2. The quantitative estimate of drug-likeness (QED) is 0.391. The molecule has 1 atom stereocenters. The summed E-state index contributed by atoms with van der Waals surface area (Å²) >= 11 is -1.23. The Balaban J connectivity index is 1.37. The van der Waals surface area contributed by atoms with Gasteiger partial charge in [-0.3, -0.25) is 9.78 Å². The van der Waals surface area contributed by atoms with Gasteiger partial charge in [0.25, 0.3) is 0 Å². The summed E-state index contributed by atoms with van der Waals surface area (Å²) in [6.45, 7) is 0. The van der Waals surface area contributed by atoms with Gasteiger partial charge in [-0.05, 0) is 78.1 Å². The molecule has 162 valence electrons. The molecule has 4 aromatic rings. The highest BCUT2D eigenvalue weighted by Crippen LogP contribution is 2.49. The van der Waals surface area contributed by atoms with E-state index in [1.807, 2.05) is 60.7 Å². The van der Waals surface area contributed by atoms with Gasteiger partial charge in [0.05, 0.1) is 22.3 Å². The third kappa shape index (κ3) is 3.73. The summed E-state index contributed by atoms with van der Waals surface area (Å²) in [6.07, 6.45) is 1.49. The minimum Gasteiger partial charge on any atom is -0.593 e. The van der Waals surface area contributed by atoms with Crippen molar-refractivity contribution < 1.29 is 13.8 Å². The van der Waals surface area contributed by atoms with Crippen LogP contribution in [-0.2, 0) is 21.6 Å². The molecule has 8 heteroatoms. The molecule has 1 aliphatic rings. The van der Waals surface area contributed by atoms with Crippen LogP contribution in [0, 0.1) is 0 Å². The highest BCUT2D eigenvalue weighted by Gasteiger charge is 2.51. The number of carbonyl (C=O) groups excluding carboxylic acids is 1. The Morgan fingerprint density at radius 1 is 1.06 bits per heavy atom. The first kappa shape index (κ1) is 20.6. The van der Waals surface area contributed by atoms with E-state index in [9.17, 15) is 14.1 Å². The lowest BCUT2D eigenvalue weighted by atomic mass is 9.94. The average molecular weight is 448 g/mol. The van der Waals surface area contributed by atoms with E-state index in [0.29, 0.717) is 21.7 Å². The predicted octanol–water partition coefficient (Wildman–Crippen LogP) is 3.70. The van der Waals surface area contributed by atoms with Gasteiger partial charge in [-0.25, -0.2) is 4.79 Å². The number of oxazole rings is 1. The van der Waals surface area contributed by atoms with Crippen LogP contribution in [0.4, 0.5) is 5.69 Å². The van der Waals surface area contributed by atoms with Crippen molar-refractivity contribution in [1.82, 2.24) is 9.71 Å². The van der Waals surface area contributed by atoms with E-state index in [2.05, 4.69) is 15.0 Å². The predicted molar refractivity (Wildman–Crippen MR) is 124 cm³/mol. The summed E-state index contributed by atoms with van der Waals surface area (Å²) in [5, 5.41) is 3.05. The lowest BCUT2D eigenvalue weighted by Gasteiger charge is -2.16. The van der Waals surface area contributed by atoms with E-state index in [0.717, 1.165) is 29.5 Å². The molecule has 0 saturated heterocycles. The van der Waals surface area contributed by atoms with Crippen LogP contribution in [0.1, 0.15) is 18.4 Å². The standard InChI is InChI=1S/C24H21N3O4S/c1-25-32(30)19-8-5-15(6-9-19)16-3-2-4-18(13-16)26-22(28)24(11-12-24)17-7-10-21-20(14-17)27-23(29)31-21/h2-10,13-14,25H,11-12H2,1H3,(H,26,28)(H,27,29). The fourth-order valence-corrected chi connectivity index (χ4v) is 4.56. The second-order valence-corrected chi connectivity index (χ2v) is 9.26. The average Bonchev–Trinajstić information content (AvgIpc) is 3.54. The van der Waals surface area contributed by atoms with E-state index in [1.165, 1.54) is 0 Å². The van der Waals surface area contributed by atoms with Crippen molar-refractivity contribution in [2.24, 2.45) is 0 Å². The fourth-order valence-electron chi connectivity index (χ4n) is 3.94. The monoisotopic (exact) mass is 447 g/mol. The number of carbonyl (C=O) groups is 1. The first-order valence-electron chi connectivity index (χ1n) is 10.2. The Morgan fingerprint density at radius 3 is 2.56 bits per heavy atom. The van der Waals surface area contributed by atoms with Gasteiger partial charge in [0.2, 0.25) is 5.91 Å². The van der Waals surface area contributed by atoms with Crippen molar-refractivity contribution in [2.75, 3.05) is 12.4 Å². The highest BCUT2D eigenvalue weighted by molar-refractivity contribution is 7.89. The number of aromatic amines is 1. The molecule has 1 fully saturated rings. The van der Waals surface area contributed by atoms with Gasteiger partial charge in [-0.2, -0.15) is 0 Å². The number of rotatable bonds is 6. The van der Waals surface area contributed by atoms with Crippen molar-refractivity contribution in [3.05, 3.63) is 82.8 Å². The first-order valence-corrected chi connectivity index (χ1v) is 11.4. The Morgan fingerprint density at radius 2 is 1.84 bits per heavy atom. The Kier molecular flexibility index (Phi) is 5.13. The Labute approximate surface area is 187 Å². The zero-order chi connectivity index (χ0) is 22.3. The molecule has 0 bridgehead atoms. The van der Waals surface area contributed by atoms with E-state index in [-0.39, 0.29) is 5.91 Å². The van der Waals surface area contributed by atoms with Gasteiger partial charge in [0.15, 0.2) is 10.5 Å². The van der Waals surface area contributed by atoms with E-state index >= 15 is 0 Å². The third-order valence-electron chi connectivity index (χ3n) is 5.86. The van der Waals surface area contributed by atoms with Crippen LogP contribution >= 0.6 is 0 Å². The summed E-state index contributed by atoms with van der Waals surface area (Å²) in [4.78, 5) is 28.0. The Bertz CT molecular complexity index is 1360. The molecule has 0 aliphatic heterocycles. The molecule has 3 aromatic carbocycles. The lowest BCUT2D eigenvalue weighted by Crippen LogP contribution is -2.27. The van der Waals surface area contributed by atoms with Crippen LogP contribution in [0.5, 0.6) is 0 Å². The molecule has 1 aromatic heterocycles. The van der Waals surface area contributed by atoms with Gasteiger partial charge in [0, 0.05) is 12.7 Å². The molecule has 32 heavy (non-hydrogen) atoms. The van der Waals surface area contributed by atoms with Crippen molar-refractivity contribution in [3.63, 3.8) is 0 Å². The minimum atomic E-state index is -1.23. The van der Waals surface area contributed by atoms with E-state index < -0.39 is 22.5 Å². The van der Waals surface area contributed by atoms with Crippen LogP contribution in [0.2, 0.25) is 0 Å². The van der Waals surface area contributed by atoms with Crippen molar-refractivity contribution in [3.8, 4) is 11.1 Å². The fraction of sp³-hybridized carbons (Fsp3) is 0.167. The lowest BCUT2D eigenvalue weighted by molar-refractivity contribution is -0.118. The number of aromatic nitrogens is 1. The zero-order valence-electron chi connectivity index (χ0n) is 17.3. The largest absolute Gasteiger partial charge is 0.593 e. The molecule has 1 unspecified atom stereocenters. The maximum absolute atomic E-state index is 13.2. The van der Waals surface area contributed by atoms with Crippen LogP contribution < -0.4 is 15.8 Å². The number of benzene rings is 3. The molecule has 1 aliphatic carbocycles. The number of hydrogen-bond acceptors (Lipinski definition) is 5. The number of hydrogen-bond donors (Lipinski definition) is 3. The van der Waals surface area contributed by atoms with Crippen LogP contribution in [-0.4, -0.2) is 22.5 Å². The van der Waals surface area contributed by atoms with Crippen LogP contribution in [0.25, 0.3) is 22.2 Å². The molecule has 1 heterocycles. The second-order valence-electron chi connectivity index (χ2n) is 7.84. The SMILES string of the molecule is CN[S+]([O-])c1ccc(-c2cccc(NC(=O)C3(c4ccc5oc(=O)[nH]c5c4)CC3)c2)cc1. The van der Waals surface area contributed by atoms with Crippen molar-refractivity contribution in [1.29, 1.82) is 0 Å². The smallest absolute Gasteiger partial charge is 0.417 e. The van der Waals surface area contributed by atoms with E-state index in [4.69, 9.17) is 4.42 Å². The molecular formula is C24H21N3O4S. The molecule has 1 amide bonds. The maximum Gasteiger partial charge on any atom is 0.417 e. The maximum atomic E-state index is 13.2. The number of anilines is 1. The van der Waals surface area contributed by atoms with Gasteiger partial charge >= 0.3 is 5.76 Å². The van der Waals surface area contributed by atoms with Gasteiger partial charge < -0.3 is 14.3 Å². The molecule has 3 N–H and O–H groups in total. The number of H-pyrrole nitrogens is 1. The third-order valence-corrected chi connectivity index (χ3v) is 6.93. The summed E-state index contributed by atoms with van der Waals surface area (Å²) < 4.78 is 19.6. The van der Waals surface area contributed by atoms with Crippen molar-refractivity contribution in [2.45, 2.75) is 23.2 Å². The molecule has 1 saturated carbocycles. The Hall–Kier alpha value is -3.33. The normalized spacial score (nSPS) is 15.4. The number of amides is 1. The number of nitrogens with one attached hydrogen (secondary N) is 3. The summed E-state index contributed by atoms with van der Waals surface area (Å²) in [5.41, 5.74) is 3.96. The minimum absolute atomic E-state index is 0.0698. The molecule has 0 radical (unpaired) electrons. The van der Waals surface area contributed by atoms with Gasteiger partial charge in [-0.1, -0.05) is 18.2 Å². The topological polar surface area (TPSA) is 110 Å². The van der Waals surface area contributed by atoms with Crippen molar-refractivity contribution >= 4 is 34.1 Å². The summed E-state index contributed by atoms with van der Waals surface area (Å²) in [7, 11) is 1.65. The van der Waals surface area contributed by atoms with E-state index in [1.54, 1.807) is 13.1 Å². The number of fused-ring (bicyclic) bond motifs is 1. The second kappa shape index (κ2) is 7.98.